The van der Waals surface area contributed by atoms with Gasteiger partial charge in [-0.15, -0.1) is 0 Å². The predicted molar refractivity (Wildman–Crippen MR) is 208 cm³/mol. The van der Waals surface area contributed by atoms with Gasteiger partial charge in [0.15, 0.2) is 17.5 Å². The lowest BCUT2D eigenvalue weighted by molar-refractivity contribution is 0.660. The average Bonchev–Trinajstić information content (AvgIpc) is 3.44. The molecule has 0 atom stereocenters. The number of nitrogens with zero attached hydrogens (tertiary/aromatic N) is 4. The molecule has 0 saturated heterocycles. The summed E-state index contributed by atoms with van der Waals surface area (Å²) >= 11 is 0. The van der Waals surface area contributed by atoms with Crippen molar-refractivity contribution >= 4 is 0 Å². The number of aromatic nitrogens is 4. The zero-order valence-electron chi connectivity index (χ0n) is 28.5. The standard InChI is InChI=1S/C47H34N4/c1-47(2)41-19-7-6-18-39(41)40-30-37(25-26-42(40)47)35-15-10-14-34(28-35)36-16-11-17-38(29-36)46-50-44(32-12-4-3-5-13-32)49-45(51-46)33-23-21-31(22-24-33)43-20-8-9-27-48-43/h3-30H,1-2H3. The van der Waals surface area contributed by atoms with E-state index in [2.05, 4.69) is 134 Å². The van der Waals surface area contributed by atoms with Gasteiger partial charge in [0.05, 0.1) is 5.69 Å². The van der Waals surface area contributed by atoms with Gasteiger partial charge in [-0.25, -0.2) is 15.0 Å². The van der Waals surface area contributed by atoms with Crippen molar-refractivity contribution in [2.24, 2.45) is 0 Å². The van der Waals surface area contributed by atoms with E-state index in [1.807, 2.05) is 54.7 Å². The van der Waals surface area contributed by atoms with E-state index in [0.717, 1.165) is 39.1 Å². The summed E-state index contributed by atoms with van der Waals surface area (Å²) in [6, 6.07) is 57.3. The van der Waals surface area contributed by atoms with E-state index in [-0.39, 0.29) is 5.41 Å². The molecule has 0 amide bonds. The second-order valence-electron chi connectivity index (χ2n) is 13.6. The van der Waals surface area contributed by atoms with Crippen LogP contribution in [0.1, 0.15) is 25.0 Å². The van der Waals surface area contributed by atoms with Crippen LogP contribution < -0.4 is 0 Å². The molecule has 2 aromatic heterocycles. The van der Waals surface area contributed by atoms with Crippen molar-refractivity contribution in [3.8, 4) is 78.8 Å². The number of hydrogen-bond acceptors (Lipinski definition) is 4. The number of hydrogen-bond donors (Lipinski definition) is 0. The molecule has 4 nitrogen and oxygen atoms in total. The highest BCUT2D eigenvalue weighted by molar-refractivity contribution is 5.85. The van der Waals surface area contributed by atoms with Crippen LogP contribution in [0.3, 0.4) is 0 Å². The Hall–Kier alpha value is -6.52. The SMILES string of the molecule is CC1(C)c2ccccc2-c2cc(-c3cccc(-c4cccc(-c5nc(-c6ccccc6)nc(-c6ccc(-c7ccccn7)cc6)n5)c4)c3)ccc21. The maximum Gasteiger partial charge on any atom is 0.164 e. The van der Waals surface area contributed by atoms with E-state index in [0.29, 0.717) is 17.5 Å². The molecule has 9 rings (SSSR count). The topological polar surface area (TPSA) is 51.6 Å². The normalized spacial score (nSPS) is 12.7. The molecule has 0 saturated carbocycles. The molecule has 1 aliphatic rings. The monoisotopic (exact) mass is 654 g/mol. The smallest absolute Gasteiger partial charge is 0.164 e. The van der Waals surface area contributed by atoms with E-state index in [9.17, 15) is 0 Å². The van der Waals surface area contributed by atoms with Crippen LogP contribution in [0.15, 0.2) is 170 Å². The summed E-state index contributed by atoms with van der Waals surface area (Å²) in [5, 5.41) is 0. The van der Waals surface area contributed by atoms with Crippen molar-refractivity contribution in [2.45, 2.75) is 19.3 Å². The molecule has 0 aliphatic heterocycles. The van der Waals surface area contributed by atoms with Gasteiger partial charge in [-0.05, 0) is 74.8 Å². The van der Waals surface area contributed by atoms with Crippen LogP contribution >= 0.6 is 0 Å². The van der Waals surface area contributed by atoms with Crippen molar-refractivity contribution in [1.82, 2.24) is 19.9 Å². The van der Waals surface area contributed by atoms with Gasteiger partial charge in [0.1, 0.15) is 0 Å². The second-order valence-corrected chi connectivity index (χ2v) is 13.6. The molecule has 242 valence electrons. The van der Waals surface area contributed by atoms with E-state index >= 15 is 0 Å². The van der Waals surface area contributed by atoms with E-state index in [1.165, 1.54) is 33.4 Å². The van der Waals surface area contributed by atoms with Crippen molar-refractivity contribution in [1.29, 1.82) is 0 Å². The van der Waals surface area contributed by atoms with Crippen LogP contribution in [-0.4, -0.2) is 19.9 Å². The molecule has 0 unspecified atom stereocenters. The van der Waals surface area contributed by atoms with Gasteiger partial charge in [0.2, 0.25) is 0 Å². The summed E-state index contributed by atoms with van der Waals surface area (Å²) in [4.78, 5) is 19.5. The molecule has 0 N–H and O–H groups in total. The lowest BCUT2D eigenvalue weighted by Gasteiger charge is -2.21. The first-order chi connectivity index (χ1) is 25.0. The Morgan fingerprint density at radius 3 is 1.53 bits per heavy atom. The van der Waals surface area contributed by atoms with Gasteiger partial charge in [-0.3, -0.25) is 4.98 Å². The van der Waals surface area contributed by atoms with Crippen LogP contribution in [0, 0.1) is 0 Å². The predicted octanol–water partition coefficient (Wildman–Crippen LogP) is 11.6. The van der Waals surface area contributed by atoms with Gasteiger partial charge in [-0.2, -0.15) is 0 Å². The highest BCUT2D eigenvalue weighted by Crippen LogP contribution is 2.49. The first-order valence-corrected chi connectivity index (χ1v) is 17.3. The van der Waals surface area contributed by atoms with Crippen LogP contribution in [0.5, 0.6) is 0 Å². The minimum Gasteiger partial charge on any atom is -0.256 e. The molecule has 6 aromatic carbocycles. The van der Waals surface area contributed by atoms with Crippen molar-refractivity contribution in [3.05, 3.63) is 181 Å². The summed E-state index contributed by atoms with van der Waals surface area (Å²) < 4.78 is 0. The Labute approximate surface area is 298 Å². The fraction of sp³-hybridized carbons (Fsp3) is 0.0638. The van der Waals surface area contributed by atoms with Crippen LogP contribution in [0.25, 0.3) is 78.8 Å². The molecular formula is C47H34N4. The quantitative estimate of drug-likeness (QED) is 0.179. The Morgan fingerprint density at radius 1 is 0.353 bits per heavy atom. The average molecular weight is 655 g/mol. The molecule has 0 fully saturated rings. The third-order valence-electron chi connectivity index (χ3n) is 10.0. The lowest BCUT2D eigenvalue weighted by atomic mass is 9.82. The molecule has 8 aromatic rings. The Kier molecular flexibility index (Phi) is 7.44. The molecular weight excluding hydrogens is 621 g/mol. The summed E-state index contributed by atoms with van der Waals surface area (Å²) in [5.74, 6) is 1.89. The Bertz CT molecular complexity index is 2540. The fourth-order valence-corrected chi connectivity index (χ4v) is 7.29. The molecule has 2 heterocycles. The minimum absolute atomic E-state index is 0.00882. The summed E-state index contributed by atoms with van der Waals surface area (Å²) in [6.45, 7) is 4.64. The fourth-order valence-electron chi connectivity index (χ4n) is 7.29. The maximum atomic E-state index is 5.03. The second kappa shape index (κ2) is 12.4. The van der Waals surface area contributed by atoms with E-state index < -0.39 is 0 Å². The third kappa shape index (κ3) is 5.61. The van der Waals surface area contributed by atoms with Gasteiger partial charge < -0.3 is 0 Å². The highest BCUT2D eigenvalue weighted by Gasteiger charge is 2.35. The number of pyridine rings is 1. The Morgan fingerprint density at radius 2 is 0.843 bits per heavy atom. The van der Waals surface area contributed by atoms with E-state index in [4.69, 9.17) is 15.0 Å². The first kappa shape index (κ1) is 30.5. The molecule has 0 radical (unpaired) electrons. The van der Waals surface area contributed by atoms with Crippen LogP contribution in [0.4, 0.5) is 0 Å². The molecule has 0 bridgehead atoms. The third-order valence-corrected chi connectivity index (χ3v) is 10.0. The largest absolute Gasteiger partial charge is 0.256 e. The zero-order valence-corrected chi connectivity index (χ0v) is 28.5. The number of rotatable bonds is 6. The van der Waals surface area contributed by atoms with Gasteiger partial charge >= 0.3 is 0 Å². The number of fused-ring (bicyclic) bond motifs is 3. The zero-order chi connectivity index (χ0) is 34.4. The Balaban J connectivity index is 1.09. The van der Waals surface area contributed by atoms with E-state index in [1.54, 1.807) is 0 Å². The molecule has 4 heteroatoms. The van der Waals surface area contributed by atoms with Gasteiger partial charge in [-0.1, -0.05) is 147 Å². The number of benzene rings is 6. The lowest BCUT2D eigenvalue weighted by Crippen LogP contribution is -2.14. The summed E-state index contributed by atoms with van der Waals surface area (Å²) in [7, 11) is 0. The van der Waals surface area contributed by atoms with Crippen molar-refractivity contribution < 1.29 is 0 Å². The minimum atomic E-state index is -0.00882. The van der Waals surface area contributed by atoms with Crippen molar-refractivity contribution in [2.75, 3.05) is 0 Å². The first-order valence-electron chi connectivity index (χ1n) is 17.3. The summed E-state index contributed by atoms with van der Waals surface area (Å²) in [5.41, 5.74) is 14.8. The molecule has 51 heavy (non-hydrogen) atoms. The highest BCUT2D eigenvalue weighted by atomic mass is 15.0. The van der Waals surface area contributed by atoms with Crippen LogP contribution in [-0.2, 0) is 5.41 Å². The van der Waals surface area contributed by atoms with Crippen molar-refractivity contribution in [3.63, 3.8) is 0 Å². The molecule has 1 aliphatic carbocycles. The van der Waals surface area contributed by atoms with Gasteiger partial charge in [0.25, 0.3) is 0 Å². The van der Waals surface area contributed by atoms with Gasteiger partial charge in [0, 0.05) is 33.9 Å². The molecule has 0 spiro atoms. The summed E-state index contributed by atoms with van der Waals surface area (Å²) in [6.07, 6.45) is 1.81. The van der Waals surface area contributed by atoms with Crippen LogP contribution in [0.2, 0.25) is 0 Å². The maximum absolute atomic E-state index is 5.03.